The molecule has 0 spiro atoms. The summed E-state index contributed by atoms with van der Waals surface area (Å²) in [6.45, 7) is 0. The summed E-state index contributed by atoms with van der Waals surface area (Å²) < 4.78 is 10.5. The molecule has 128 valence electrons. The molecule has 0 saturated heterocycles. The van der Waals surface area contributed by atoms with E-state index in [1.54, 1.807) is 26.6 Å². The Bertz CT molecular complexity index is 896. The lowest BCUT2D eigenvalue weighted by Gasteiger charge is -2.10. The number of rotatable bonds is 6. The third kappa shape index (κ3) is 4.03. The van der Waals surface area contributed by atoms with Crippen molar-refractivity contribution >= 4 is 22.6 Å². The highest BCUT2D eigenvalue weighted by atomic mass is 16.5. The van der Waals surface area contributed by atoms with Gasteiger partial charge in [-0.3, -0.25) is 14.8 Å². The maximum atomic E-state index is 12.2. The molecule has 0 bridgehead atoms. The Morgan fingerprint density at radius 3 is 2.48 bits per heavy atom. The predicted octanol–water partition coefficient (Wildman–Crippen LogP) is 3.22. The summed E-state index contributed by atoms with van der Waals surface area (Å²) in [7, 11) is 3.19. The minimum absolute atomic E-state index is 0.0574. The number of carbonyl (C=O) groups is 1. The van der Waals surface area contributed by atoms with Crippen molar-refractivity contribution in [2.45, 2.75) is 12.8 Å². The molecule has 0 fully saturated rings. The van der Waals surface area contributed by atoms with E-state index in [1.165, 1.54) is 0 Å². The first kappa shape index (κ1) is 16.7. The molecule has 2 aromatic carbocycles. The molecule has 0 unspecified atom stereocenters. The molecule has 0 aliphatic heterocycles. The largest absolute Gasteiger partial charge is 0.493 e. The first-order valence-electron chi connectivity index (χ1n) is 7.91. The van der Waals surface area contributed by atoms with Crippen LogP contribution in [-0.4, -0.2) is 30.1 Å². The van der Waals surface area contributed by atoms with Gasteiger partial charge in [0.15, 0.2) is 11.5 Å². The Balaban J connectivity index is 1.62. The summed E-state index contributed by atoms with van der Waals surface area (Å²) in [5.41, 5.74) is 3.27. The second kappa shape index (κ2) is 7.61. The molecular weight excluding hydrogens is 318 g/mol. The molecule has 6 heteroatoms. The van der Waals surface area contributed by atoms with Gasteiger partial charge < -0.3 is 14.8 Å². The SMILES string of the molecule is COc1ccc(CCC(=O)Nc2ccc3nccnc3c2)cc1OC. The first-order valence-corrected chi connectivity index (χ1v) is 7.91. The number of methoxy groups -OCH3 is 2. The van der Waals surface area contributed by atoms with Crippen molar-refractivity contribution in [3.05, 3.63) is 54.4 Å². The second-order valence-electron chi connectivity index (χ2n) is 5.50. The Kier molecular flexibility index (Phi) is 5.09. The number of aryl methyl sites for hydroxylation is 1. The zero-order chi connectivity index (χ0) is 17.6. The van der Waals surface area contributed by atoms with Gasteiger partial charge in [-0.2, -0.15) is 0 Å². The van der Waals surface area contributed by atoms with Crippen LogP contribution in [0, 0.1) is 0 Å². The number of ether oxygens (including phenoxy) is 2. The lowest BCUT2D eigenvalue weighted by atomic mass is 10.1. The van der Waals surface area contributed by atoms with E-state index >= 15 is 0 Å². The molecule has 0 saturated carbocycles. The van der Waals surface area contributed by atoms with E-state index in [1.807, 2.05) is 36.4 Å². The third-order valence-corrected chi connectivity index (χ3v) is 3.84. The Morgan fingerprint density at radius 1 is 0.960 bits per heavy atom. The van der Waals surface area contributed by atoms with Crippen LogP contribution >= 0.6 is 0 Å². The van der Waals surface area contributed by atoms with Crippen molar-refractivity contribution in [1.29, 1.82) is 0 Å². The number of benzene rings is 2. The van der Waals surface area contributed by atoms with Crippen LogP contribution in [0.3, 0.4) is 0 Å². The maximum Gasteiger partial charge on any atom is 0.224 e. The molecule has 1 aromatic heterocycles. The van der Waals surface area contributed by atoms with Gasteiger partial charge in [0.1, 0.15) is 0 Å². The van der Waals surface area contributed by atoms with E-state index in [4.69, 9.17) is 9.47 Å². The van der Waals surface area contributed by atoms with Crippen molar-refractivity contribution in [2.75, 3.05) is 19.5 Å². The smallest absolute Gasteiger partial charge is 0.224 e. The van der Waals surface area contributed by atoms with Crippen LogP contribution in [0.1, 0.15) is 12.0 Å². The monoisotopic (exact) mass is 337 g/mol. The van der Waals surface area contributed by atoms with E-state index < -0.39 is 0 Å². The fourth-order valence-corrected chi connectivity index (χ4v) is 2.56. The van der Waals surface area contributed by atoms with E-state index in [9.17, 15) is 4.79 Å². The minimum atomic E-state index is -0.0574. The zero-order valence-electron chi connectivity index (χ0n) is 14.2. The van der Waals surface area contributed by atoms with Gasteiger partial charge in [0.05, 0.1) is 25.3 Å². The highest BCUT2D eigenvalue weighted by Crippen LogP contribution is 2.28. The van der Waals surface area contributed by atoms with E-state index in [0.717, 1.165) is 16.6 Å². The molecule has 0 aliphatic carbocycles. The third-order valence-electron chi connectivity index (χ3n) is 3.84. The maximum absolute atomic E-state index is 12.2. The van der Waals surface area contributed by atoms with Gasteiger partial charge in [-0.1, -0.05) is 6.07 Å². The van der Waals surface area contributed by atoms with Crippen molar-refractivity contribution in [2.24, 2.45) is 0 Å². The van der Waals surface area contributed by atoms with Gasteiger partial charge in [0, 0.05) is 24.5 Å². The number of anilines is 1. The number of nitrogens with one attached hydrogen (secondary N) is 1. The second-order valence-corrected chi connectivity index (χ2v) is 5.50. The van der Waals surface area contributed by atoms with E-state index in [-0.39, 0.29) is 5.91 Å². The van der Waals surface area contributed by atoms with Crippen LogP contribution in [0.4, 0.5) is 5.69 Å². The predicted molar refractivity (Wildman–Crippen MR) is 96.0 cm³/mol. The summed E-state index contributed by atoms with van der Waals surface area (Å²) >= 11 is 0. The lowest BCUT2D eigenvalue weighted by Crippen LogP contribution is -2.12. The number of amides is 1. The van der Waals surface area contributed by atoms with Crippen LogP contribution in [0.2, 0.25) is 0 Å². The molecule has 6 nitrogen and oxygen atoms in total. The minimum Gasteiger partial charge on any atom is -0.493 e. The number of fused-ring (bicyclic) bond motifs is 1. The van der Waals surface area contributed by atoms with Crippen molar-refractivity contribution in [1.82, 2.24) is 9.97 Å². The molecule has 3 aromatic rings. The molecule has 3 rings (SSSR count). The van der Waals surface area contributed by atoms with E-state index in [0.29, 0.717) is 30.0 Å². The molecule has 1 amide bonds. The average Bonchev–Trinajstić information content (AvgIpc) is 2.66. The molecule has 1 heterocycles. The zero-order valence-corrected chi connectivity index (χ0v) is 14.2. The molecule has 0 radical (unpaired) electrons. The van der Waals surface area contributed by atoms with Gasteiger partial charge in [-0.15, -0.1) is 0 Å². The first-order chi connectivity index (χ1) is 12.2. The van der Waals surface area contributed by atoms with Gasteiger partial charge >= 0.3 is 0 Å². The fraction of sp³-hybridized carbons (Fsp3) is 0.211. The number of nitrogens with zero attached hydrogens (tertiary/aromatic N) is 2. The van der Waals surface area contributed by atoms with Gasteiger partial charge in [0.25, 0.3) is 0 Å². The normalized spacial score (nSPS) is 10.5. The summed E-state index contributed by atoms with van der Waals surface area (Å²) in [6, 6.07) is 11.1. The summed E-state index contributed by atoms with van der Waals surface area (Å²) in [5.74, 6) is 1.28. The number of hydrogen-bond acceptors (Lipinski definition) is 5. The Labute approximate surface area is 145 Å². The van der Waals surface area contributed by atoms with Crippen LogP contribution in [0.25, 0.3) is 11.0 Å². The summed E-state index contributed by atoms with van der Waals surface area (Å²) in [5, 5.41) is 2.89. The van der Waals surface area contributed by atoms with Crippen molar-refractivity contribution < 1.29 is 14.3 Å². The average molecular weight is 337 g/mol. The molecule has 25 heavy (non-hydrogen) atoms. The van der Waals surface area contributed by atoms with E-state index in [2.05, 4.69) is 15.3 Å². The number of aromatic nitrogens is 2. The highest BCUT2D eigenvalue weighted by molar-refractivity contribution is 5.93. The van der Waals surface area contributed by atoms with Crippen LogP contribution < -0.4 is 14.8 Å². The number of hydrogen-bond donors (Lipinski definition) is 1. The topological polar surface area (TPSA) is 73.3 Å². The molecule has 0 aliphatic rings. The van der Waals surface area contributed by atoms with Crippen LogP contribution in [0.15, 0.2) is 48.8 Å². The summed E-state index contributed by atoms with van der Waals surface area (Å²) in [4.78, 5) is 20.6. The van der Waals surface area contributed by atoms with Crippen LogP contribution in [-0.2, 0) is 11.2 Å². The fourth-order valence-electron chi connectivity index (χ4n) is 2.56. The highest BCUT2D eigenvalue weighted by Gasteiger charge is 2.08. The van der Waals surface area contributed by atoms with Crippen LogP contribution in [0.5, 0.6) is 11.5 Å². The van der Waals surface area contributed by atoms with Gasteiger partial charge in [-0.25, -0.2) is 0 Å². The lowest BCUT2D eigenvalue weighted by molar-refractivity contribution is -0.116. The molecular formula is C19H19N3O3. The summed E-state index contributed by atoms with van der Waals surface area (Å²) in [6.07, 6.45) is 4.25. The molecule has 1 N–H and O–H groups in total. The van der Waals surface area contributed by atoms with Crippen molar-refractivity contribution in [3.8, 4) is 11.5 Å². The molecule has 0 atom stereocenters. The Hall–Kier alpha value is -3.15. The van der Waals surface area contributed by atoms with Gasteiger partial charge in [0.2, 0.25) is 5.91 Å². The standard InChI is InChI=1S/C19H19N3O3/c1-24-17-7-3-13(11-18(17)25-2)4-8-19(23)22-14-5-6-15-16(12-14)21-10-9-20-15/h3,5-7,9-12H,4,8H2,1-2H3,(H,22,23). The van der Waals surface area contributed by atoms with Gasteiger partial charge in [-0.05, 0) is 42.3 Å². The quantitative estimate of drug-likeness (QED) is 0.747. The number of carbonyl (C=O) groups excluding carboxylic acids is 1. The Morgan fingerprint density at radius 2 is 1.72 bits per heavy atom. The van der Waals surface area contributed by atoms with Crippen molar-refractivity contribution in [3.63, 3.8) is 0 Å².